The van der Waals surface area contributed by atoms with Crippen molar-refractivity contribution in [3.8, 4) is 17.6 Å². The van der Waals surface area contributed by atoms with E-state index in [2.05, 4.69) is 62.2 Å². The third kappa shape index (κ3) is 7.97. The number of piperidine rings is 1. The molecule has 7 heterocycles. The molecule has 10 aliphatic carbocycles. The van der Waals surface area contributed by atoms with Gasteiger partial charge in [0.05, 0.1) is 47.5 Å². The van der Waals surface area contributed by atoms with Crippen LogP contribution >= 0.6 is 21.6 Å². The van der Waals surface area contributed by atoms with Crippen LogP contribution in [0.25, 0.3) is 0 Å². The van der Waals surface area contributed by atoms with Crippen LogP contribution in [0.15, 0.2) is 54.2 Å². The highest BCUT2D eigenvalue weighted by Gasteiger charge is 2.84. The van der Waals surface area contributed by atoms with Gasteiger partial charge in [0.25, 0.3) is 0 Å². The number of nitrogens with zero attached hydrogens (tertiary/aromatic N) is 1. The molecule has 6 spiro atoms. The number of ether oxygens (including phenoxy) is 2. The summed E-state index contributed by atoms with van der Waals surface area (Å²) in [4.78, 5) is 35.6. The maximum Gasteiger partial charge on any atom is 0.234 e. The minimum absolute atomic E-state index is 0.0322. The SMILES string of the molecule is CO[C@@H]1C=C[C@@H]2C[C@@H]3N[C@]4(CC[C@@H](CC#C[C@@H]5C[C@@]6(CN7C(=O)[C@@]68[C@H](CCC[C@@H]8CO)CSS[C@H](O)[C@@]68C[C@@H](O)[C@](O)(CO)C9(CCCC9)[C@]6(C)[C@H]6C[C@@H]9C=CC[C@](O)([C@@H]%10O[C@H]%10[C@H](C)C(C)C)[C@H]%10CC[C@@](O)(C6=CC8=O)[C@@]%109CCc6cc(O)cc7c6)[C@H](O)[C@@H]53)C4)[C@H]2C1. The van der Waals surface area contributed by atoms with Gasteiger partial charge in [0.1, 0.15) is 28.5 Å². The number of carbonyl (C=O) groups is 2. The molecule has 27 atom stereocenters. The number of aromatic hydroxyl groups is 1. The zero-order valence-corrected chi connectivity index (χ0v) is 56.3. The Morgan fingerprint density at radius 1 is 0.902 bits per heavy atom. The van der Waals surface area contributed by atoms with Crippen molar-refractivity contribution < 1.29 is 65.0 Å². The zero-order valence-electron chi connectivity index (χ0n) is 54.7. The van der Waals surface area contributed by atoms with Crippen molar-refractivity contribution in [3.05, 3.63) is 59.7 Å². The van der Waals surface area contributed by atoms with Crippen LogP contribution in [-0.2, 0) is 25.5 Å². The number of ketones is 1. The van der Waals surface area contributed by atoms with Gasteiger partial charge in [-0.05, 0) is 197 Å². The normalized spacial score (nSPS) is 52.0. The number of allylic oxidation sites excluding steroid dienone is 3. The zero-order chi connectivity index (χ0) is 64.3. The van der Waals surface area contributed by atoms with Gasteiger partial charge < -0.3 is 65.6 Å². The van der Waals surface area contributed by atoms with E-state index < -0.39 is 115 Å². The fraction of sp³-hybridized carbons (Fsp3) is 0.787. The molecule has 3 saturated heterocycles. The molecular weight excluding hydrogens is 1200 g/mol. The number of phenols is 1. The van der Waals surface area contributed by atoms with Gasteiger partial charge in [-0.3, -0.25) is 9.59 Å². The Morgan fingerprint density at radius 2 is 1.71 bits per heavy atom. The lowest BCUT2D eigenvalue weighted by molar-refractivity contribution is -0.309. The van der Waals surface area contributed by atoms with Crippen molar-refractivity contribution in [2.24, 2.45) is 104 Å². The minimum atomic E-state index is -2.07. The highest BCUT2D eigenvalue weighted by molar-refractivity contribution is 8.76. The molecule has 1 aromatic carbocycles. The number of phenolic OH excluding ortho intramolecular Hbond substituents is 1. The molecule has 7 aliphatic heterocycles. The van der Waals surface area contributed by atoms with E-state index in [0.717, 1.165) is 44.1 Å². The number of nitrogens with one attached hydrogen (secondary N) is 1. The monoisotopic (exact) mass is 1300 g/mol. The smallest absolute Gasteiger partial charge is 0.234 e. The van der Waals surface area contributed by atoms with Crippen molar-refractivity contribution in [1.82, 2.24) is 5.32 Å². The summed E-state index contributed by atoms with van der Waals surface area (Å²) >= 11 is 0. The van der Waals surface area contributed by atoms with E-state index >= 15 is 9.59 Å². The van der Waals surface area contributed by atoms with Crippen molar-refractivity contribution in [1.29, 1.82) is 0 Å². The van der Waals surface area contributed by atoms with Crippen molar-refractivity contribution >= 4 is 39.0 Å². The molecule has 0 aromatic heterocycles. The standard InChI is InChI=1S/C75H102N2O13S2/c1-41(2)42(3)61-63(90-61)72(86)23-10-15-47-30-54-55-33-58(81)71(36-59(82)74(88,40-79)69(66(54,71)4)21-6-7-22-69)65(85)92-91-38-49-14-9-13-48(37-78)75(49)64(84)77(50-27-44(28-51(80)31-50)19-25-70(47)57(72)20-26-73(55,70)87)39-67(75)35-46-12-8-11-43-18-24-68(34-43)53-32-52(89-5)17-16-45(53)29-56(76-68)60(46)62(67)83/h10,15-17,27-28,31,33,41-43,45-49,52-54,56-57,59-63,65,76,78-80,82-83,85-88H,6-7,9,11,13-14,18-26,29-30,32,34-40H2,1-5H3/t42-,43-,45-,46-,47+,48-,49-,52-,53+,54+,56+,57+,59-,60+,61+,62-,63-,65+,66+,67-,68+,70-,71+,72-,73-,74-,75-/m1/s1. The fourth-order valence-electron chi connectivity index (χ4n) is 26.6. The molecule has 502 valence electrons. The van der Waals surface area contributed by atoms with E-state index in [1.165, 1.54) is 21.6 Å². The molecule has 17 aliphatic rings. The van der Waals surface area contributed by atoms with E-state index in [4.69, 9.17) is 9.47 Å². The van der Waals surface area contributed by atoms with Crippen molar-refractivity contribution in [3.63, 3.8) is 0 Å². The Hall–Kier alpha value is -2.80. The number of epoxide rings is 1. The van der Waals surface area contributed by atoms with Gasteiger partial charge in [-0.15, -0.1) is 5.92 Å². The molecule has 7 saturated carbocycles. The second-order valence-electron chi connectivity index (χ2n) is 33.7. The summed E-state index contributed by atoms with van der Waals surface area (Å²) in [6, 6.07) is 5.30. The molecule has 17 heteroatoms. The van der Waals surface area contributed by atoms with Crippen LogP contribution in [0, 0.1) is 115 Å². The summed E-state index contributed by atoms with van der Waals surface area (Å²) in [6.45, 7) is 7.61. The van der Waals surface area contributed by atoms with E-state index in [-0.39, 0.29) is 97.4 Å². The van der Waals surface area contributed by atoms with E-state index in [1.54, 1.807) is 25.3 Å². The third-order valence-electron chi connectivity index (χ3n) is 30.9. The number of amides is 1. The summed E-state index contributed by atoms with van der Waals surface area (Å²) in [5, 5.41) is 123. The van der Waals surface area contributed by atoms with Crippen molar-refractivity contribution in [2.75, 3.05) is 37.5 Å². The van der Waals surface area contributed by atoms with E-state index in [0.29, 0.717) is 106 Å². The molecule has 0 unspecified atom stereocenters. The number of carbonyl (C=O) groups excluding carboxylic acids is 2. The average molecular weight is 1300 g/mol. The van der Waals surface area contributed by atoms with Gasteiger partial charge in [0.2, 0.25) is 5.91 Å². The minimum Gasteiger partial charge on any atom is -0.508 e. The Labute approximate surface area is 551 Å². The molecule has 1 aromatic rings. The number of hydrogen-bond donors (Lipinski definition) is 10. The Balaban J connectivity index is 0.881. The Morgan fingerprint density at radius 3 is 2.47 bits per heavy atom. The first-order valence-electron chi connectivity index (χ1n) is 35.9. The number of benzene rings is 1. The summed E-state index contributed by atoms with van der Waals surface area (Å²) in [6.07, 6.45) is 18.6. The van der Waals surface area contributed by atoms with Crippen LogP contribution in [0.1, 0.15) is 162 Å². The van der Waals surface area contributed by atoms with Gasteiger partial charge in [0, 0.05) is 89.8 Å². The Bertz CT molecular complexity index is 3330. The number of aliphatic hydroxyl groups excluding tert-OH is 5. The largest absolute Gasteiger partial charge is 0.508 e. The molecule has 92 heavy (non-hydrogen) atoms. The molecule has 10 fully saturated rings. The van der Waals surface area contributed by atoms with Crippen LogP contribution < -0.4 is 10.2 Å². The topological polar surface area (TPSA) is 253 Å². The van der Waals surface area contributed by atoms with Crippen LogP contribution in [-0.4, -0.2) is 155 Å². The summed E-state index contributed by atoms with van der Waals surface area (Å²) in [7, 11) is 4.36. The predicted octanol–water partition coefficient (Wildman–Crippen LogP) is 8.34. The third-order valence-corrected chi connectivity index (χ3v) is 33.5. The number of rotatable bonds is 6. The lowest BCUT2D eigenvalue weighted by Crippen LogP contribution is -2.79. The first-order valence-corrected chi connectivity index (χ1v) is 38.3. The average Bonchev–Trinajstić information content (AvgIpc) is 1.01. The number of methoxy groups -OCH3 is 1. The van der Waals surface area contributed by atoms with E-state index in [1.807, 2.05) is 17.9 Å². The maximum atomic E-state index is 17.1. The van der Waals surface area contributed by atoms with E-state index in [9.17, 15) is 46.0 Å². The summed E-state index contributed by atoms with van der Waals surface area (Å²) in [5.74, 6) is 5.37. The molecule has 0 radical (unpaired) electrons. The quantitative estimate of drug-likeness (QED) is 0.0556. The van der Waals surface area contributed by atoms with Gasteiger partial charge in [-0.2, -0.15) is 0 Å². The van der Waals surface area contributed by atoms with Crippen LogP contribution in [0.5, 0.6) is 5.75 Å². The van der Waals surface area contributed by atoms with Gasteiger partial charge in [-0.25, -0.2) is 0 Å². The molecule has 10 N–H and O–H groups in total. The molecule has 11 bridgehead atoms. The first kappa shape index (κ1) is 63.9. The maximum absolute atomic E-state index is 17.1. The lowest BCUT2D eigenvalue weighted by atomic mass is 9.31. The predicted molar refractivity (Wildman–Crippen MR) is 351 cm³/mol. The molecule has 1 amide bonds. The highest BCUT2D eigenvalue weighted by Crippen LogP contribution is 2.82. The second-order valence-corrected chi connectivity index (χ2v) is 36.1. The summed E-state index contributed by atoms with van der Waals surface area (Å²) < 4.78 is 12.7. The van der Waals surface area contributed by atoms with Gasteiger partial charge >= 0.3 is 0 Å². The van der Waals surface area contributed by atoms with Crippen molar-refractivity contribution in [2.45, 2.75) is 227 Å². The lowest BCUT2D eigenvalue weighted by Gasteiger charge is -2.74. The fourth-order valence-corrected chi connectivity index (χ4v) is 29.7. The first-order chi connectivity index (χ1) is 44.0. The van der Waals surface area contributed by atoms with Crippen LogP contribution in [0.2, 0.25) is 0 Å². The Kier molecular flexibility index (Phi) is 15.2. The second kappa shape index (κ2) is 21.8. The van der Waals surface area contributed by atoms with Gasteiger partial charge in [-0.1, -0.05) is 98.8 Å². The molecule has 15 nitrogen and oxygen atoms in total. The highest BCUT2D eigenvalue weighted by atomic mass is 33.1. The number of aliphatic hydroxyl groups is 8. The number of aryl methyl sites for hydroxylation is 1. The van der Waals surface area contributed by atoms with Crippen LogP contribution in [0.3, 0.4) is 0 Å². The summed E-state index contributed by atoms with van der Waals surface area (Å²) in [5.41, 5.74) is -13.2. The number of hydrogen-bond acceptors (Lipinski definition) is 16. The number of anilines is 1. The number of fused-ring (bicyclic) bond motifs is 6. The van der Waals surface area contributed by atoms with Gasteiger partial charge in [0.15, 0.2) is 5.78 Å². The molecule has 18 rings (SSSR count). The molecular formula is C75H102N2O13S2. The van der Waals surface area contributed by atoms with Crippen LogP contribution in [0.4, 0.5) is 5.69 Å².